The molecule has 0 saturated carbocycles. The molecule has 0 saturated heterocycles. The van der Waals surface area contributed by atoms with Crippen LogP contribution in [0.1, 0.15) is 51.7 Å². The summed E-state index contributed by atoms with van der Waals surface area (Å²) in [5.74, 6) is 0. The highest BCUT2D eigenvalue weighted by Crippen LogP contribution is 2.32. The third kappa shape index (κ3) is 3.29. The summed E-state index contributed by atoms with van der Waals surface area (Å²) >= 11 is 0. The van der Waals surface area contributed by atoms with Gasteiger partial charge in [-0.3, -0.25) is 0 Å². The molecule has 1 unspecified atom stereocenters. The quantitative estimate of drug-likeness (QED) is 0.844. The first-order valence-corrected chi connectivity index (χ1v) is 6.33. The Kier molecular flexibility index (Phi) is 4.31. The largest absolute Gasteiger partial charge is 0.327 e. The van der Waals surface area contributed by atoms with Gasteiger partial charge in [0.05, 0.1) is 0 Å². The molecule has 0 spiro atoms. The highest BCUT2D eigenvalue weighted by Gasteiger charge is 2.29. The number of rotatable bonds is 4. The van der Waals surface area contributed by atoms with E-state index < -0.39 is 5.67 Å². The fraction of sp³-hybridized carbons (Fsp3) is 0.600. The topological polar surface area (TPSA) is 26.0 Å². The van der Waals surface area contributed by atoms with Gasteiger partial charge in [-0.2, -0.15) is 0 Å². The molecule has 0 aromatic heterocycles. The van der Waals surface area contributed by atoms with E-state index in [1.165, 1.54) is 5.56 Å². The van der Waals surface area contributed by atoms with Crippen LogP contribution in [0.3, 0.4) is 0 Å². The molecule has 1 rings (SSSR count). The van der Waals surface area contributed by atoms with Gasteiger partial charge in [-0.05, 0) is 23.0 Å². The van der Waals surface area contributed by atoms with Crippen molar-refractivity contribution >= 4 is 0 Å². The van der Waals surface area contributed by atoms with Crippen molar-refractivity contribution in [1.29, 1.82) is 0 Å². The van der Waals surface area contributed by atoms with Gasteiger partial charge in [-0.25, -0.2) is 4.39 Å². The molecule has 0 amide bonds. The molecule has 0 aliphatic carbocycles. The minimum atomic E-state index is -1.37. The van der Waals surface area contributed by atoms with Gasteiger partial charge in [0.1, 0.15) is 5.67 Å². The molecule has 1 atom stereocenters. The van der Waals surface area contributed by atoms with Crippen LogP contribution in [0.25, 0.3) is 0 Å². The molecule has 0 heterocycles. The van der Waals surface area contributed by atoms with Crippen LogP contribution in [-0.2, 0) is 11.1 Å². The average molecular weight is 237 g/mol. The van der Waals surface area contributed by atoms with Crippen LogP contribution in [-0.4, -0.2) is 6.54 Å². The molecule has 1 nitrogen and oxygen atoms in total. The van der Waals surface area contributed by atoms with Crippen LogP contribution < -0.4 is 5.73 Å². The summed E-state index contributed by atoms with van der Waals surface area (Å²) in [5, 5.41) is 0. The first-order valence-electron chi connectivity index (χ1n) is 6.33. The van der Waals surface area contributed by atoms with Gasteiger partial charge >= 0.3 is 0 Å². The fourth-order valence-corrected chi connectivity index (χ4v) is 2.03. The summed E-state index contributed by atoms with van der Waals surface area (Å²) < 4.78 is 14.6. The van der Waals surface area contributed by atoms with E-state index in [1.807, 2.05) is 31.2 Å². The molecule has 0 fully saturated rings. The third-order valence-electron chi connectivity index (χ3n) is 3.24. The van der Waals surface area contributed by atoms with Crippen molar-refractivity contribution in [2.75, 3.05) is 6.54 Å². The van der Waals surface area contributed by atoms with Crippen LogP contribution in [0, 0.1) is 0 Å². The van der Waals surface area contributed by atoms with E-state index in [1.54, 1.807) is 0 Å². The van der Waals surface area contributed by atoms with E-state index >= 15 is 0 Å². The van der Waals surface area contributed by atoms with E-state index in [0.717, 1.165) is 6.42 Å². The van der Waals surface area contributed by atoms with Gasteiger partial charge < -0.3 is 5.73 Å². The second-order valence-corrected chi connectivity index (χ2v) is 5.75. The minimum Gasteiger partial charge on any atom is -0.327 e. The Balaban J connectivity index is 3.01. The number of nitrogens with two attached hydrogens (primary N) is 1. The Labute approximate surface area is 104 Å². The zero-order valence-electron chi connectivity index (χ0n) is 11.4. The van der Waals surface area contributed by atoms with Gasteiger partial charge in [-0.15, -0.1) is 0 Å². The van der Waals surface area contributed by atoms with Crippen LogP contribution in [0.5, 0.6) is 0 Å². The van der Waals surface area contributed by atoms with Gasteiger partial charge in [0, 0.05) is 6.54 Å². The van der Waals surface area contributed by atoms with E-state index in [-0.39, 0.29) is 12.0 Å². The van der Waals surface area contributed by atoms with E-state index in [0.29, 0.717) is 12.0 Å². The number of halogens is 1. The van der Waals surface area contributed by atoms with Crippen molar-refractivity contribution in [3.05, 3.63) is 35.4 Å². The monoisotopic (exact) mass is 237 g/mol. The molecule has 0 bridgehead atoms. The van der Waals surface area contributed by atoms with Crippen molar-refractivity contribution in [2.24, 2.45) is 5.73 Å². The van der Waals surface area contributed by atoms with Crippen LogP contribution in [0.15, 0.2) is 24.3 Å². The van der Waals surface area contributed by atoms with Gasteiger partial charge in [0.15, 0.2) is 0 Å². The lowest BCUT2D eigenvalue weighted by Gasteiger charge is -2.25. The first-order chi connectivity index (χ1) is 7.83. The maximum atomic E-state index is 14.6. The van der Waals surface area contributed by atoms with Crippen molar-refractivity contribution in [1.82, 2.24) is 0 Å². The highest BCUT2D eigenvalue weighted by molar-refractivity contribution is 5.31. The first kappa shape index (κ1) is 14.2. The predicted octanol–water partition coefficient (Wildman–Crippen LogP) is 3.91. The molecular formula is C15H24FN. The summed E-state index contributed by atoms with van der Waals surface area (Å²) in [7, 11) is 0. The summed E-state index contributed by atoms with van der Waals surface area (Å²) in [6, 6.07) is 7.77. The molecule has 1 aromatic rings. The molecule has 0 aliphatic rings. The number of benzene rings is 1. The second kappa shape index (κ2) is 5.18. The number of alkyl halides is 1. The van der Waals surface area contributed by atoms with Crippen molar-refractivity contribution in [3.63, 3.8) is 0 Å². The van der Waals surface area contributed by atoms with E-state index in [2.05, 4.69) is 20.8 Å². The summed E-state index contributed by atoms with van der Waals surface area (Å²) in [6.45, 7) is 8.49. The lowest BCUT2D eigenvalue weighted by atomic mass is 9.84. The Morgan fingerprint density at radius 2 is 1.53 bits per heavy atom. The third-order valence-corrected chi connectivity index (χ3v) is 3.24. The van der Waals surface area contributed by atoms with Crippen molar-refractivity contribution < 1.29 is 4.39 Å². The van der Waals surface area contributed by atoms with Crippen molar-refractivity contribution in [3.8, 4) is 0 Å². The number of hydrogen-bond acceptors (Lipinski definition) is 1. The Bertz CT molecular complexity index is 350. The SMILES string of the molecule is CCCC(F)(CN)c1ccc(C(C)(C)C)cc1. The Hall–Kier alpha value is -0.890. The van der Waals surface area contributed by atoms with Crippen LogP contribution in [0.2, 0.25) is 0 Å². The highest BCUT2D eigenvalue weighted by atomic mass is 19.1. The number of hydrogen-bond donors (Lipinski definition) is 1. The van der Waals surface area contributed by atoms with E-state index in [9.17, 15) is 4.39 Å². The molecule has 2 N–H and O–H groups in total. The fourth-order valence-electron chi connectivity index (χ4n) is 2.03. The summed E-state index contributed by atoms with van der Waals surface area (Å²) in [4.78, 5) is 0. The molecule has 0 radical (unpaired) electrons. The molecule has 17 heavy (non-hydrogen) atoms. The zero-order valence-corrected chi connectivity index (χ0v) is 11.4. The Morgan fingerprint density at radius 1 is 1.06 bits per heavy atom. The zero-order chi connectivity index (χ0) is 13.1. The van der Waals surface area contributed by atoms with Gasteiger partial charge in [0.25, 0.3) is 0 Å². The lowest BCUT2D eigenvalue weighted by molar-refractivity contribution is 0.159. The standard InChI is InChI=1S/C15H24FN/c1-5-10-15(16,11-17)13-8-6-12(7-9-13)14(2,3)4/h6-9H,5,10-11,17H2,1-4H3. The van der Waals surface area contributed by atoms with Crippen LogP contribution in [0.4, 0.5) is 4.39 Å². The second-order valence-electron chi connectivity index (χ2n) is 5.75. The molecule has 1 aromatic carbocycles. The average Bonchev–Trinajstić information content (AvgIpc) is 2.28. The van der Waals surface area contributed by atoms with Gasteiger partial charge in [-0.1, -0.05) is 58.4 Å². The lowest BCUT2D eigenvalue weighted by Crippen LogP contribution is -2.30. The smallest absolute Gasteiger partial charge is 0.148 e. The Morgan fingerprint density at radius 3 is 1.88 bits per heavy atom. The molecule has 2 heteroatoms. The normalized spacial score (nSPS) is 15.6. The summed E-state index contributed by atoms with van der Waals surface area (Å²) in [6.07, 6.45) is 1.28. The minimum absolute atomic E-state index is 0.0513. The van der Waals surface area contributed by atoms with E-state index in [4.69, 9.17) is 5.73 Å². The van der Waals surface area contributed by atoms with Gasteiger partial charge in [0.2, 0.25) is 0 Å². The molecule has 96 valence electrons. The maximum absolute atomic E-state index is 14.6. The predicted molar refractivity (Wildman–Crippen MR) is 71.9 cm³/mol. The maximum Gasteiger partial charge on any atom is 0.148 e. The molecular weight excluding hydrogens is 213 g/mol. The molecule has 0 aliphatic heterocycles. The van der Waals surface area contributed by atoms with Crippen molar-refractivity contribution in [2.45, 2.75) is 51.6 Å². The van der Waals surface area contributed by atoms with Crippen LogP contribution >= 0.6 is 0 Å². The summed E-state index contributed by atoms with van der Waals surface area (Å²) in [5.41, 5.74) is 6.23.